The lowest BCUT2D eigenvalue weighted by atomic mass is 10.2. The van der Waals surface area contributed by atoms with E-state index in [0.29, 0.717) is 25.3 Å². The van der Waals surface area contributed by atoms with Gasteiger partial charge in [-0.2, -0.15) is 0 Å². The highest BCUT2D eigenvalue weighted by Crippen LogP contribution is 2.20. The average molecular weight is 340 g/mol. The highest BCUT2D eigenvalue weighted by Gasteiger charge is 2.22. The van der Waals surface area contributed by atoms with Gasteiger partial charge in [0, 0.05) is 17.8 Å². The highest BCUT2D eigenvalue weighted by atomic mass is 32.1. The van der Waals surface area contributed by atoms with E-state index < -0.39 is 0 Å². The molecular weight excluding hydrogens is 320 g/mol. The van der Waals surface area contributed by atoms with Crippen molar-refractivity contribution >= 4 is 17.3 Å². The predicted molar refractivity (Wildman–Crippen MR) is 95.6 cm³/mol. The SMILES string of the molecule is CCOC(=O)c1c(C)nc(Cc2cccs2)n1Cc1ccccc1. The summed E-state index contributed by atoms with van der Waals surface area (Å²) in [5.74, 6) is 0.581. The Kier molecular flexibility index (Phi) is 5.11. The lowest BCUT2D eigenvalue weighted by Crippen LogP contribution is -2.16. The summed E-state index contributed by atoms with van der Waals surface area (Å²) in [6, 6.07) is 14.2. The smallest absolute Gasteiger partial charge is 0.356 e. The summed E-state index contributed by atoms with van der Waals surface area (Å²) < 4.78 is 7.23. The van der Waals surface area contributed by atoms with Crippen LogP contribution in [0.5, 0.6) is 0 Å². The summed E-state index contributed by atoms with van der Waals surface area (Å²) in [5.41, 5.74) is 2.40. The number of aryl methyl sites for hydroxylation is 1. The van der Waals surface area contributed by atoms with Gasteiger partial charge < -0.3 is 9.30 Å². The molecule has 0 saturated heterocycles. The van der Waals surface area contributed by atoms with Crippen molar-refractivity contribution in [3.05, 3.63) is 75.5 Å². The Morgan fingerprint density at radius 3 is 2.67 bits per heavy atom. The van der Waals surface area contributed by atoms with Gasteiger partial charge in [0.1, 0.15) is 5.82 Å². The molecule has 0 aliphatic rings. The van der Waals surface area contributed by atoms with E-state index in [4.69, 9.17) is 4.74 Å². The van der Waals surface area contributed by atoms with Crippen LogP contribution in [0.3, 0.4) is 0 Å². The second-order valence-electron chi connectivity index (χ2n) is 5.51. The van der Waals surface area contributed by atoms with Crippen LogP contribution in [0.4, 0.5) is 0 Å². The van der Waals surface area contributed by atoms with E-state index in [1.165, 1.54) is 4.88 Å². The van der Waals surface area contributed by atoms with E-state index in [1.807, 2.05) is 42.7 Å². The quantitative estimate of drug-likeness (QED) is 0.635. The van der Waals surface area contributed by atoms with E-state index in [1.54, 1.807) is 11.3 Å². The molecule has 5 heteroatoms. The third-order valence-electron chi connectivity index (χ3n) is 3.79. The third-order valence-corrected chi connectivity index (χ3v) is 4.66. The summed E-state index contributed by atoms with van der Waals surface area (Å²) >= 11 is 1.70. The summed E-state index contributed by atoms with van der Waals surface area (Å²) in [7, 11) is 0. The van der Waals surface area contributed by atoms with Crippen molar-refractivity contribution in [3.63, 3.8) is 0 Å². The first-order valence-corrected chi connectivity index (χ1v) is 8.86. The summed E-state index contributed by atoms with van der Waals surface area (Å²) in [6.45, 7) is 4.65. The van der Waals surface area contributed by atoms with Crippen molar-refractivity contribution < 1.29 is 9.53 Å². The summed E-state index contributed by atoms with van der Waals surface area (Å²) in [6.07, 6.45) is 0.713. The van der Waals surface area contributed by atoms with E-state index >= 15 is 0 Å². The molecule has 0 radical (unpaired) electrons. The minimum Gasteiger partial charge on any atom is -0.461 e. The van der Waals surface area contributed by atoms with Crippen molar-refractivity contribution in [1.29, 1.82) is 0 Å². The maximum absolute atomic E-state index is 12.4. The van der Waals surface area contributed by atoms with Crippen molar-refractivity contribution in [1.82, 2.24) is 9.55 Å². The monoisotopic (exact) mass is 340 g/mol. The molecule has 0 atom stereocenters. The molecule has 1 aromatic carbocycles. The summed E-state index contributed by atoms with van der Waals surface area (Å²) in [4.78, 5) is 18.3. The second kappa shape index (κ2) is 7.45. The molecule has 4 nitrogen and oxygen atoms in total. The van der Waals surface area contributed by atoms with E-state index in [9.17, 15) is 4.79 Å². The van der Waals surface area contributed by atoms with Crippen molar-refractivity contribution in [3.8, 4) is 0 Å². The third kappa shape index (κ3) is 3.57. The zero-order valence-electron chi connectivity index (χ0n) is 13.9. The molecule has 0 fully saturated rings. The topological polar surface area (TPSA) is 44.1 Å². The van der Waals surface area contributed by atoms with Gasteiger partial charge in [-0.05, 0) is 30.9 Å². The standard InChI is InChI=1S/C19H20N2O2S/c1-3-23-19(22)18-14(2)20-17(12-16-10-7-11-24-16)21(18)13-15-8-5-4-6-9-15/h4-11H,3,12-13H2,1-2H3. The van der Waals surface area contributed by atoms with Crippen LogP contribution in [-0.4, -0.2) is 22.1 Å². The number of thiophene rings is 1. The zero-order valence-corrected chi connectivity index (χ0v) is 14.7. The van der Waals surface area contributed by atoms with Crippen LogP contribution in [0.15, 0.2) is 47.8 Å². The molecule has 24 heavy (non-hydrogen) atoms. The largest absolute Gasteiger partial charge is 0.461 e. The molecule has 0 N–H and O–H groups in total. The number of esters is 1. The van der Waals surface area contributed by atoms with E-state index in [0.717, 1.165) is 17.1 Å². The Morgan fingerprint density at radius 1 is 1.21 bits per heavy atom. The molecule has 0 bridgehead atoms. The van der Waals surface area contributed by atoms with E-state index in [-0.39, 0.29) is 5.97 Å². The second-order valence-corrected chi connectivity index (χ2v) is 6.54. The van der Waals surface area contributed by atoms with E-state index in [2.05, 4.69) is 28.6 Å². The maximum Gasteiger partial charge on any atom is 0.356 e. The normalized spacial score (nSPS) is 10.8. The molecule has 2 aromatic heterocycles. The first-order valence-electron chi connectivity index (χ1n) is 7.98. The molecule has 0 spiro atoms. The molecule has 0 amide bonds. The van der Waals surface area contributed by atoms with Crippen LogP contribution in [0.2, 0.25) is 0 Å². The Bertz CT molecular complexity index is 808. The fraction of sp³-hybridized carbons (Fsp3) is 0.263. The number of hydrogen-bond donors (Lipinski definition) is 0. The van der Waals surface area contributed by atoms with Crippen LogP contribution < -0.4 is 0 Å². The van der Waals surface area contributed by atoms with Crippen LogP contribution in [0.25, 0.3) is 0 Å². The zero-order chi connectivity index (χ0) is 16.9. The number of hydrogen-bond acceptors (Lipinski definition) is 4. The minimum absolute atomic E-state index is 0.309. The molecule has 0 aliphatic carbocycles. The van der Waals surface area contributed by atoms with Gasteiger partial charge in [0.25, 0.3) is 0 Å². The molecular formula is C19H20N2O2S. The molecule has 3 aromatic rings. The number of carbonyl (C=O) groups is 1. The van der Waals surface area contributed by atoms with Gasteiger partial charge in [-0.25, -0.2) is 9.78 Å². The van der Waals surface area contributed by atoms with Crippen molar-refractivity contribution in [2.24, 2.45) is 0 Å². The number of nitrogens with zero attached hydrogens (tertiary/aromatic N) is 2. The minimum atomic E-state index is -0.309. The number of imidazole rings is 1. The highest BCUT2D eigenvalue weighted by molar-refractivity contribution is 7.09. The lowest BCUT2D eigenvalue weighted by molar-refractivity contribution is 0.0513. The Balaban J connectivity index is 2.01. The molecule has 0 aliphatic heterocycles. The van der Waals surface area contributed by atoms with Crippen LogP contribution in [-0.2, 0) is 17.7 Å². The molecule has 0 saturated carbocycles. The lowest BCUT2D eigenvalue weighted by Gasteiger charge is -2.12. The fourth-order valence-electron chi connectivity index (χ4n) is 2.73. The first kappa shape index (κ1) is 16.5. The van der Waals surface area contributed by atoms with Gasteiger partial charge in [0.2, 0.25) is 0 Å². The molecule has 3 rings (SSSR count). The van der Waals surface area contributed by atoms with Crippen LogP contribution in [0.1, 0.15) is 39.4 Å². The Hall–Kier alpha value is -2.40. The van der Waals surface area contributed by atoms with Gasteiger partial charge in [0.15, 0.2) is 5.69 Å². The predicted octanol–water partition coefficient (Wildman–Crippen LogP) is 4.07. The van der Waals surface area contributed by atoms with Gasteiger partial charge in [-0.1, -0.05) is 36.4 Å². The number of carbonyl (C=O) groups excluding carboxylic acids is 1. The fourth-order valence-corrected chi connectivity index (χ4v) is 3.43. The number of rotatable bonds is 6. The Labute approximate surface area is 145 Å². The van der Waals surface area contributed by atoms with Gasteiger partial charge in [-0.15, -0.1) is 11.3 Å². The number of benzene rings is 1. The van der Waals surface area contributed by atoms with Crippen LogP contribution in [0, 0.1) is 6.92 Å². The molecule has 2 heterocycles. The first-order chi connectivity index (χ1) is 11.7. The molecule has 124 valence electrons. The maximum atomic E-state index is 12.4. The Morgan fingerprint density at radius 2 is 2.00 bits per heavy atom. The number of ether oxygens (including phenoxy) is 1. The van der Waals surface area contributed by atoms with Gasteiger partial charge in [0.05, 0.1) is 12.3 Å². The van der Waals surface area contributed by atoms with Crippen molar-refractivity contribution in [2.45, 2.75) is 26.8 Å². The number of aromatic nitrogens is 2. The van der Waals surface area contributed by atoms with Crippen LogP contribution >= 0.6 is 11.3 Å². The summed E-state index contributed by atoms with van der Waals surface area (Å²) in [5, 5.41) is 2.05. The van der Waals surface area contributed by atoms with Gasteiger partial charge in [-0.3, -0.25) is 0 Å². The van der Waals surface area contributed by atoms with Gasteiger partial charge >= 0.3 is 5.97 Å². The average Bonchev–Trinajstić information content (AvgIpc) is 3.18. The molecule has 0 unspecified atom stereocenters. The van der Waals surface area contributed by atoms with Crippen molar-refractivity contribution in [2.75, 3.05) is 6.61 Å².